The van der Waals surface area contributed by atoms with Gasteiger partial charge in [-0.15, -0.1) is 0 Å². The molecule has 37 heavy (non-hydrogen) atoms. The summed E-state index contributed by atoms with van der Waals surface area (Å²) in [5, 5.41) is 22.4. The number of carbonyl (C=O) groups is 1. The number of likely N-dealkylation sites (tertiary alicyclic amines) is 1. The highest BCUT2D eigenvalue weighted by molar-refractivity contribution is 5.79. The molecule has 1 aliphatic heterocycles. The van der Waals surface area contributed by atoms with Crippen molar-refractivity contribution in [1.82, 2.24) is 4.90 Å². The van der Waals surface area contributed by atoms with Crippen molar-refractivity contribution >= 4 is 5.91 Å². The van der Waals surface area contributed by atoms with E-state index >= 15 is 0 Å². The van der Waals surface area contributed by atoms with Crippen LogP contribution in [-0.2, 0) is 15.1 Å². The van der Waals surface area contributed by atoms with Gasteiger partial charge >= 0.3 is 0 Å². The molecule has 0 bridgehead atoms. The summed E-state index contributed by atoms with van der Waals surface area (Å²) in [6.45, 7) is 1.63. The first kappa shape index (κ1) is 27.5. The van der Waals surface area contributed by atoms with Crippen LogP contribution in [0.15, 0.2) is 48.5 Å². The smallest absolute Gasteiger partial charge is 0.225 e. The average molecular weight is 515 g/mol. The number of aliphatic hydroxyl groups excluding tert-OH is 1. The van der Waals surface area contributed by atoms with E-state index in [1.54, 1.807) is 25.3 Å². The molecule has 202 valence electrons. The molecule has 2 fully saturated rings. The van der Waals surface area contributed by atoms with Crippen LogP contribution in [0.4, 0.5) is 4.39 Å². The first-order valence-corrected chi connectivity index (χ1v) is 13.3. The van der Waals surface area contributed by atoms with Gasteiger partial charge in [0.05, 0.1) is 11.7 Å². The Bertz CT molecular complexity index is 1040. The molecular weight excluding hydrogens is 475 g/mol. The number of amides is 1. The fraction of sp³-hybridized carbons (Fsp3) is 0.552. The first-order valence-electron chi connectivity index (χ1n) is 13.3. The molecule has 0 spiro atoms. The minimum atomic E-state index is -1.26. The van der Waals surface area contributed by atoms with E-state index in [-0.39, 0.29) is 23.8 Å². The number of methoxy groups -OCH3 is 1. The Morgan fingerprint density at radius 2 is 2.00 bits per heavy atom. The van der Waals surface area contributed by atoms with Crippen LogP contribution < -0.4 is 10.5 Å². The predicted molar refractivity (Wildman–Crippen MR) is 139 cm³/mol. The van der Waals surface area contributed by atoms with Crippen molar-refractivity contribution in [2.75, 3.05) is 26.8 Å². The largest absolute Gasteiger partial charge is 0.457 e. The third-order valence-electron chi connectivity index (χ3n) is 7.87. The lowest BCUT2D eigenvalue weighted by molar-refractivity contribution is -0.141. The van der Waals surface area contributed by atoms with Crippen LogP contribution in [0.5, 0.6) is 11.5 Å². The highest BCUT2D eigenvalue weighted by Gasteiger charge is 2.44. The summed E-state index contributed by atoms with van der Waals surface area (Å²) < 4.78 is 25.1. The predicted octanol–water partition coefficient (Wildman–Crippen LogP) is 3.96. The summed E-state index contributed by atoms with van der Waals surface area (Å²) in [6.07, 6.45) is 3.72. The zero-order valence-electron chi connectivity index (χ0n) is 21.5. The van der Waals surface area contributed by atoms with Crippen molar-refractivity contribution in [3.05, 3.63) is 59.9 Å². The van der Waals surface area contributed by atoms with Crippen LogP contribution in [0.3, 0.4) is 0 Å². The molecule has 4 rings (SSSR count). The zero-order valence-corrected chi connectivity index (χ0v) is 21.5. The number of para-hydroxylation sites is 1. The molecule has 0 unspecified atom stereocenters. The summed E-state index contributed by atoms with van der Waals surface area (Å²) >= 11 is 0. The SMILES string of the molecule is COCCCC[C@@](O)(c1ccccc1Oc1cccc(F)c1)[C@@H]1CCCN(C(=O)[C@H]2C[C@@H](N)[C@@H](O)C2)C1. The number of hydrogen-bond donors (Lipinski definition) is 3. The molecule has 2 aromatic rings. The monoisotopic (exact) mass is 514 g/mol. The van der Waals surface area contributed by atoms with Crippen LogP contribution in [-0.4, -0.2) is 60.0 Å². The minimum absolute atomic E-state index is 0.00253. The van der Waals surface area contributed by atoms with E-state index in [1.807, 2.05) is 23.1 Å². The maximum atomic E-state index is 13.8. The molecule has 8 heteroatoms. The fourth-order valence-electron chi connectivity index (χ4n) is 5.85. The summed E-state index contributed by atoms with van der Waals surface area (Å²) in [7, 11) is 1.66. The Kier molecular flexibility index (Phi) is 9.18. The normalized spacial score (nSPS) is 25.6. The van der Waals surface area contributed by atoms with E-state index in [4.69, 9.17) is 15.2 Å². The Balaban J connectivity index is 1.60. The van der Waals surface area contributed by atoms with Crippen LogP contribution in [0.25, 0.3) is 0 Å². The molecule has 1 heterocycles. The van der Waals surface area contributed by atoms with Gasteiger partial charge in [0, 0.05) is 56.3 Å². The van der Waals surface area contributed by atoms with Gasteiger partial charge in [-0.25, -0.2) is 4.39 Å². The molecule has 2 aromatic carbocycles. The van der Waals surface area contributed by atoms with Crippen molar-refractivity contribution in [3.8, 4) is 11.5 Å². The number of aliphatic hydroxyl groups is 2. The number of halogens is 1. The quantitative estimate of drug-likeness (QED) is 0.415. The number of unbranched alkanes of at least 4 members (excludes halogenated alkanes) is 1. The summed E-state index contributed by atoms with van der Waals surface area (Å²) in [6, 6.07) is 12.9. The van der Waals surface area contributed by atoms with E-state index in [0.29, 0.717) is 56.0 Å². The lowest BCUT2D eigenvalue weighted by atomic mass is 9.73. The molecule has 1 saturated heterocycles. The van der Waals surface area contributed by atoms with E-state index in [1.165, 1.54) is 12.1 Å². The molecule has 2 aliphatic rings. The van der Waals surface area contributed by atoms with Gasteiger partial charge in [-0.2, -0.15) is 0 Å². The summed E-state index contributed by atoms with van der Waals surface area (Å²) in [5.41, 5.74) is 5.34. The van der Waals surface area contributed by atoms with Crippen LogP contribution >= 0.6 is 0 Å². The van der Waals surface area contributed by atoms with Gasteiger partial charge in [0.1, 0.15) is 17.3 Å². The first-order chi connectivity index (χ1) is 17.8. The van der Waals surface area contributed by atoms with Crippen LogP contribution in [0.2, 0.25) is 0 Å². The Morgan fingerprint density at radius 1 is 1.19 bits per heavy atom. The molecule has 7 nitrogen and oxygen atoms in total. The van der Waals surface area contributed by atoms with Crippen molar-refractivity contribution < 1.29 is 28.9 Å². The lowest BCUT2D eigenvalue weighted by Crippen LogP contribution is -2.49. The van der Waals surface area contributed by atoms with Gasteiger partial charge in [-0.3, -0.25) is 4.79 Å². The number of ether oxygens (including phenoxy) is 2. The van der Waals surface area contributed by atoms with Gasteiger partial charge in [-0.05, 0) is 63.1 Å². The molecule has 5 atom stereocenters. The third-order valence-corrected chi connectivity index (χ3v) is 7.87. The molecule has 1 aliphatic carbocycles. The Morgan fingerprint density at radius 3 is 2.73 bits per heavy atom. The number of rotatable bonds is 10. The number of piperidine rings is 1. The fourth-order valence-corrected chi connectivity index (χ4v) is 5.85. The molecule has 4 N–H and O–H groups in total. The second kappa shape index (κ2) is 12.3. The van der Waals surface area contributed by atoms with Crippen molar-refractivity contribution in [3.63, 3.8) is 0 Å². The van der Waals surface area contributed by atoms with Crippen LogP contribution in [0, 0.1) is 17.7 Å². The van der Waals surface area contributed by atoms with Crippen molar-refractivity contribution in [2.45, 2.75) is 62.7 Å². The zero-order chi connectivity index (χ0) is 26.4. The standard InChI is InChI=1S/C29H39FN2O5/c1-36-15-5-4-13-29(35,24-11-2-3-12-27(24)37-23-10-6-9-22(30)18-23)21-8-7-14-32(19-21)28(34)20-16-25(31)26(33)17-20/h2-3,6,9-12,18,20-21,25-26,33,35H,4-5,7-8,13-17,19,31H2,1H3/t20-,21+,25+,26-,29-/m0/s1. The number of carbonyl (C=O) groups excluding carboxylic acids is 1. The molecule has 1 amide bonds. The highest BCUT2D eigenvalue weighted by atomic mass is 19.1. The van der Waals surface area contributed by atoms with Crippen molar-refractivity contribution in [1.29, 1.82) is 0 Å². The third kappa shape index (κ3) is 6.49. The van der Waals surface area contributed by atoms with Gasteiger partial charge in [0.25, 0.3) is 0 Å². The van der Waals surface area contributed by atoms with E-state index in [2.05, 4.69) is 0 Å². The van der Waals surface area contributed by atoms with E-state index in [0.717, 1.165) is 25.7 Å². The lowest BCUT2D eigenvalue weighted by Gasteiger charge is -2.44. The van der Waals surface area contributed by atoms with Crippen molar-refractivity contribution in [2.24, 2.45) is 17.6 Å². The maximum Gasteiger partial charge on any atom is 0.225 e. The molecule has 0 aromatic heterocycles. The average Bonchev–Trinajstić information content (AvgIpc) is 3.24. The highest BCUT2D eigenvalue weighted by Crippen LogP contribution is 2.44. The molecule has 1 saturated carbocycles. The Labute approximate surface area is 218 Å². The number of nitrogens with two attached hydrogens (primary N) is 1. The van der Waals surface area contributed by atoms with Gasteiger partial charge < -0.3 is 30.3 Å². The number of nitrogens with zero attached hydrogens (tertiary/aromatic N) is 1. The second-order valence-corrected chi connectivity index (χ2v) is 10.5. The van der Waals surface area contributed by atoms with Gasteiger partial charge in [0.15, 0.2) is 0 Å². The topological polar surface area (TPSA) is 105 Å². The van der Waals surface area contributed by atoms with Gasteiger partial charge in [-0.1, -0.05) is 24.3 Å². The number of hydrogen-bond acceptors (Lipinski definition) is 6. The summed E-state index contributed by atoms with van der Waals surface area (Å²) in [4.78, 5) is 15.2. The van der Waals surface area contributed by atoms with Gasteiger partial charge in [0.2, 0.25) is 5.91 Å². The second-order valence-electron chi connectivity index (χ2n) is 10.5. The Hall–Kier alpha value is -2.52. The summed E-state index contributed by atoms with van der Waals surface area (Å²) in [5.74, 6) is -0.0840. The van der Waals surface area contributed by atoms with E-state index in [9.17, 15) is 19.4 Å². The molecule has 0 radical (unpaired) electrons. The van der Waals surface area contributed by atoms with E-state index < -0.39 is 17.5 Å². The maximum absolute atomic E-state index is 13.8. The number of benzene rings is 2. The van der Waals surface area contributed by atoms with Crippen LogP contribution in [0.1, 0.15) is 50.5 Å². The minimum Gasteiger partial charge on any atom is -0.457 e. The molecular formula is C29H39FN2O5.